The fourth-order valence-corrected chi connectivity index (χ4v) is 6.97. The Labute approximate surface area is 243 Å². The van der Waals surface area contributed by atoms with Crippen LogP contribution in [0.4, 0.5) is 4.39 Å². The Hall–Kier alpha value is -2.98. The standard InChI is InChI=1S/C31H42FN3O5S/c1-3-41(38,39)34(21-24-7-5-4-6-8-24)23-30(36)35(22-25-9-15-29(40-2)16-10-25)28-17-19-33(20-18-28)31(37)26-11-13-27(32)14-12-26/h9-16,24,28H,3-8,17-23H2,1-2H3. The predicted molar refractivity (Wildman–Crippen MR) is 156 cm³/mol. The van der Waals surface area contributed by atoms with Crippen molar-refractivity contribution in [2.24, 2.45) is 5.92 Å². The lowest BCUT2D eigenvalue weighted by molar-refractivity contribution is -0.135. The summed E-state index contributed by atoms with van der Waals surface area (Å²) < 4.78 is 46.2. The van der Waals surface area contributed by atoms with Crippen molar-refractivity contribution in [3.63, 3.8) is 0 Å². The highest BCUT2D eigenvalue weighted by molar-refractivity contribution is 7.89. The molecule has 2 aromatic carbocycles. The minimum atomic E-state index is -3.56. The molecule has 0 radical (unpaired) electrons. The molecule has 0 bridgehead atoms. The summed E-state index contributed by atoms with van der Waals surface area (Å²) in [7, 11) is -1.97. The molecule has 0 N–H and O–H groups in total. The first kappa shape index (κ1) is 31.0. The van der Waals surface area contributed by atoms with Gasteiger partial charge in [-0.2, -0.15) is 4.31 Å². The monoisotopic (exact) mass is 587 g/mol. The highest BCUT2D eigenvalue weighted by Gasteiger charge is 2.33. The van der Waals surface area contributed by atoms with Gasteiger partial charge in [0.05, 0.1) is 19.4 Å². The maximum atomic E-state index is 13.9. The lowest BCUT2D eigenvalue weighted by atomic mass is 9.89. The Kier molecular flexibility index (Phi) is 10.8. The molecule has 1 aliphatic heterocycles. The first-order valence-electron chi connectivity index (χ1n) is 14.6. The van der Waals surface area contributed by atoms with Crippen LogP contribution in [0.2, 0.25) is 0 Å². The number of rotatable bonds is 11. The summed E-state index contributed by atoms with van der Waals surface area (Å²) in [6, 6.07) is 12.9. The minimum Gasteiger partial charge on any atom is -0.497 e. The molecule has 1 saturated carbocycles. The summed E-state index contributed by atoms with van der Waals surface area (Å²) in [6.45, 7) is 3.05. The van der Waals surface area contributed by atoms with E-state index in [2.05, 4.69) is 0 Å². The fourth-order valence-electron chi connectivity index (χ4n) is 5.86. The van der Waals surface area contributed by atoms with Crippen LogP contribution in [-0.4, -0.2) is 79.4 Å². The van der Waals surface area contributed by atoms with Gasteiger partial charge in [-0.15, -0.1) is 0 Å². The van der Waals surface area contributed by atoms with Gasteiger partial charge in [-0.1, -0.05) is 31.4 Å². The number of methoxy groups -OCH3 is 1. The van der Waals surface area contributed by atoms with E-state index < -0.39 is 15.8 Å². The zero-order valence-electron chi connectivity index (χ0n) is 24.1. The normalized spacial score (nSPS) is 17.0. The van der Waals surface area contributed by atoms with E-state index in [0.717, 1.165) is 31.2 Å². The number of halogens is 1. The topological polar surface area (TPSA) is 87.2 Å². The molecule has 1 heterocycles. The van der Waals surface area contributed by atoms with E-state index in [1.54, 1.807) is 23.8 Å². The number of piperidine rings is 1. The number of benzene rings is 2. The van der Waals surface area contributed by atoms with Crippen LogP contribution in [0.3, 0.4) is 0 Å². The van der Waals surface area contributed by atoms with Gasteiger partial charge in [0.2, 0.25) is 15.9 Å². The van der Waals surface area contributed by atoms with Crippen molar-refractivity contribution in [1.29, 1.82) is 0 Å². The largest absolute Gasteiger partial charge is 0.497 e. The van der Waals surface area contributed by atoms with Crippen molar-refractivity contribution < 1.29 is 27.1 Å². The van der Waals surface area contributed by atoms with E-state index >= 15 is 0 Å². The van der Waals surface area contributed by atoms with Crippen LogP contribution in [0.15, 0.2) is 48.5 Å². The zero-order valence-corrected chi connectivity index (χ0v) is 25.0. The van der Waals surface area contributed by atoms with Gasteiger partial charge in [-0.3, -0.25) is 9.59 Å². The summed E-state index contributed by atoms with van der Waals surface area (Å²) >= 11 is 0. The van der Waals surface area contributed by atoms with E-state index in [0.29, 0.717) is 50.3 Å². The molecular weight excluding hydrogens is 545 g/mol. The van der Waals surface area contributed by atoms with Crippen LogP contribution in [0.1, 0.15) is 67.8 Å². The Bertz CT molecular complexity index is 1260. The van der Waals surface area contributed by atoms with Crippen LogP contribution in [0.5, 0.6) is 5.75 Å². The van der Waals surface area contributed by atoms with Crippen LogP contribution in [0, 0.1) is 11.7 Å². The molecular formula is C31H42FN3O5S. The molecule has 0 aromatic heterocycles. The van der Waals surface area contributed by atoms with E-state index in [1.165, 1.54) is 35.0 Å². The molecule has 2 amide bonds. The van der Waals surface area contributed by atoms with Crippen molar-refractivity contribution in [3.05, 3.63) is 65.5 Å². The van der Waals surface area contributed by atoms with Crippen LogP contribution in [0.25, 0.3) is 0 Å². The van der Waals surface area contributed by atoms with Gasteiger partial charge in [0.15, 0.2) is 0 Å². The average Bonchev–Trinajstić information content (AvgIpc) is 3.00. The Balaban J connectivity index is 1.50. The van der Waals surface area contributed by atoms with Gasteiger partial charge in [0.25, 0.3) is 5.91 Å². The molecule has 0 atom stereocenters. The number of amides is 2. The summed E-state index contributed by atoms with van der Waals surface area (Å²) in [5, 5.41) is 0. The Morgan fingerprint density at radius 2 is 1.59 bits per heavy atom. The zero-order chi connectivity index (χ0) is 29.4. The molecule has 1 aliphatic carbocycles. The molecule has 0 spiro atoms. The van der Waals surface area contributed by atoms with E-state index in [1.807, 2.05) is 24.3 Å². The Morgan fingerprint density at radius 1 is 0.951 bits per heavy atom. The first-order valence-corrected chi connectivity index (χ1v) is 16.3. The molecule has 0 unspecified atom stereocenters. The van der Waals surface area contributed by atoms with Crippen molar-refractivity contribution in [3.8, 4) is 5.75 Å². The third kappa shape index (κ3) is 8.29. The van der Waals surface area contributed by atoms with E-state index in [4.69, 9.17) is 4.74 Å². The number of sulfonamides is 1. The number of carbonyl (C=O) groups is 2. The predicted octanol–water partition coefficient (Wildman–Crippen LogP) is 4.70. The number of carbonyl (C=O) groups excluding carboxylic acids is 2. The summed E-state index contributed by atoms with van der Waals surface area (Å²) in [5.41, 5.74) is 1.35. The van der Waals surface area contributed by atoms with Crippen molar-refractivity contribution in [1.82, 2.24) is 14.1 Å². The number of likely N-dealkylation sites (tertiary alicyclic amines) is 1. The van der Waals surface area contributed by atoms with Crippen LogP contribution >= 0.6 is 0 Å². The van der Waals surface area contributed by atoms with Crippen molar-refractivity contribution in [2.75, 3.05) is 39.0 Å². The van der Waals surface area contributed by atoms with Gasteiger partial charge in [0.1, 0.15) is 11.6 Å². The van der Waals surface area contributed by atoms with Gasteiger partial charge in [-0.25, -0.2) is 12.8 Å². The number of nitrogens with zero attached hydrogens (tertiary/aromatic N) is 3. The second-order valence-corrected chi connectivity index (χ2v) is 13.4. The SMILES string of the molecule is CCS(=O)(=O)N(CC(=O)N(Cc1ccc(OC)cc1)C1CCN(C(=O)c2ccc(F)cc2)CC1)CC1CCCCC1. The molecule has 8 nitrogen and oxygen atoms in total. The molecule has 2 aromatic rings. The van der Waals surface area contributed by atoms with Gasteiger partial charge < -0.3 is 14.5 Å². The van der Waals surface area contributed by atoms with Crippen LogP contribution in [-0.2, 0) is 21.4 Å². The second kappa shape index (κ2) is 14.3. The van der Waals surface area contributed by atoms with Crippen molar-refractivity contribution >= 4 is 21.8 Å². The number of ether oxygens (including phenoxy) is 1. The summed E-state index contributed by atoms with van der Waals surface area (Å²) in [4.78, 5) is 30.4. The maximum absolute atomic E-state index is 13.9. The van der Waals surface area contributed by atoms with Crippen molar-refractivity contribution in [2.45, 2.75) is 64.5 Å². The second-order valence-electron chi connectivity index (χ2n) is 11.1. The minimum absolute atomic E-state index is 0.0463. The lowest BCUT2D eigenvalue weighted by Gasteiger charge is -2.39. The summed E-state index contributed by atoms with van der Waals surface area (Å²) in [5.74, 6) is 0.160. The first-order chi connectivity index (χ1) is 19.7. The molecule has 1 saturated heterocycles. The molecule has 2 aliphatic rings. The third-order valence-corrected chi connectivity index (χ3v) is 10.2. The molecule has 41 heavy (non-hydrogen) atoms. The maximum Gasteiger partial charge on any atom is 0.253 e. The lowest BCUT2D eigenvalue weighted by Crippen LogP contribution is -2.52. The molecule has 224 valence electrons. The average molecular weight is 588 g/mol. The van der Waals surface area contributed by atoms with E-state index in [-0.39, 0.29) is 36.1 Å². The fraction of sp³-hybridized carbons (Fsp3) is 0.548. The number of hydrogen-bond acceptors (Lipinski definition) is 5. The smallest absolute Gasteiger partial charge is 0.253 e. The summed E-state index contributed by atoms with van der Waals surface area (Å²) in [6.07, 6.45) is 6.47. The molecule has 4 rings (SSSR count). The quantitative estimate of drug-likeness (QED) is 0.381. The molecule has 2 fully saturated rings. The third-order valence-electron chi connectivity index (χ3n) is 8.37. The Morgan fingerprint density at radius 3 is 2.17 bits per heavy atom. The van der Waals surface area contributed by atoms with Gasteiger partial charge >= 0.3 is 0 Å². The molecule has 10 heteroatoms. The van der Waals surface area contributed by atoms with Crippen LogP contribution < -0.4 is 4.74 Å². The highest BCUT2D eigenvalue weighted by Crippen LogP contribution is 2.27. The number of hydrogen-bond donors (Lipinski definition) is 0. The highest BCUT2D eigenvalue weighted by atomic mass is 32.2. The van der Waals surface area contributed by atoms with E-state index in [9.17, 15) is 22.4 Å². The van der Waals surface area contributed by atoms with Gasteiger partial charge in [0, 0.05) is 37.8 Å². The van der Waals surface area contributed by atoms with Gasteiger partial charge in [-0.05, 0) is 80.5 Å².